The highest BCUT2D eigenvalue weighted by Crippen LogP contribution is 2.28. The summed E-state index contributed by atoms with van der Waals surface area (Å²) in [4.78, 5) is 4.04. The predicted octanol–water partition coefficient (Wildman–Crippen LogP) is 0.286. The number of aromatic nitrogens is 4. The lowest BCUT2D eigenvalue weighted by Crippen LogP contribution is -2.39. The van der Waals surface area contributed by atoms with Crippen molar-refractivity contribution in [2.24, 2.45) is 7.05 Å². The Hall–Kier alpha value is -1.84. The highest BCUT2D eigenvalue weighted by Gasteiger charge is 2.34. The Bertz CT molecular complexity index is 775. The molecule has 1 unspecified atom stereocenters. The van der Waals surface area contributed by atoms with Crippen LogP contribution in [-0.4, -0.2) is 52.1 Å². The molecule has 23 heavy (non-hydrogen) atoms. The SMILES string of the molecule is Cn1nnc2c1C(COCc1cccnc1)CN(S(C)(=O)=O)C2. The zero-order valence-corrected chi connectivity index (χ0v) is 13.9. The lowest BCUT2D eigenvalue weighted by Gasteiger charge is -2.30. The molecule has 8 nitrogen and oxygen atoms in total. The first-order chi connectivity index (χ1) is 10.9. The minimum Gasteiger partial charge on any atom is -0.376 e. The molecule has 9 heteroatoms. The van der Waals surface area contributed by atoms with E-state index in [0.29, 0.717) is 25.5 Å². The summed E-state index contributed by atoms with van der Waals surface area (Å²) in [5.74, 6) is -0.0925. The van der Waals surface area contributed by atoms with Gasteiger partial charge in [-0.25, -0.2) is 8.42 Å². The van der Waals surface area contributed by atoms with Crippen LogP contribution in [0.4, 0.5) is 0 Å². The Balaban J connectivity index is 1.73. The number of aryl methyl sites for hydroxylation is 1. The number of rotatable bonds is 5. The number of hydrogen-bond acceptors (Lipinski definition) is 6. The van der Waals surface area contributed by atoms with E-state index in [2.05, 4.69) is 15.3 Å². The number of sulfonamides is 1. The monoisotopic (exact) mass is 337 g/mol. The molecule has 0 bridgehead atoms. The zero-order chi connectivity index (χ0) is 16.4. The molecule has 0 N–H and O–H groups in total. The van der Waals surface area contributed by atoms with Gasteiger partial charge in [0.05, 0.1) is 31.7 Å². The van der Waals surface area contributed by atoms with Crippen molar-refractivity contribution < 1.29 is 13.2 Å². The third-order valence-corrected chi connectivity index (χ3v) is 5.08. The molecule has 0 fully saturated rings. The van der Waals surface area contributed by atoms with Crippen LogP contribution >= 0.6 is 0 Å². The number of hydrogen-bond donors (Lipinski definition) is 0. The maximum atomic E-state index is 11.9. The van der Waals surface area contributed by atoms with Crippen molar-refractivity contribution in [1.82, 2.24) is 24.3 Å². The van der Waals surface area contributed by atoms with E-state index < -0.39 is 10.0 Å². The summed E-state index contributed by atoms with van der Waals surface area (Å²) >= 11 is 0. The van der Waals surface area contributed by atoms with Crippen LogP contribution in [0.5, 0.6) is 0 Å². The van der Waals surface area contributed by atoms with Gasteiger partial charge in [0.1, 0.15) is 5.69 Å². The molecule has 3 heterocycles. The molecular formula is C14H19N5O3S. The van der Waals surface area contributed by atoms with Crippen LogP contribution in [0.1, 0.15) is 22.9 Å². The average Bonchev–Trinajstić information content (AvgIpc) is 2.89. The summed E-state index contributed by atoms with van der Waals surface area (Å²) in [5.41, 5.74) is 2.61. The molecule has 0 aromatic carbocycles. The summed E-state index contributed by atoms with van der Waals surface area (Å²) in [6.07, 6.45) is 4.67. The fraction of sp³-hybridized carbons (Fsp3) is 0.500. The molecule has 1 aliphatic heterocycles. The van der Waals surface area contributed by atoms with Crippen LogP contribution in [0, 0.1) is 0 Å². The second kappa shape index (κ2) is 6.34. The van der Waals surface area contributed by atoms with Gasteiger partial charge in [0.15, 0.2) is 0 Å². The van der Waals surface area contributed by atoms with E-state index in [9.17, 15) is 8.42 Å². The summed E-state index contributed by atoms with van der Waals surface area (Å²) < 4.78 is 32.6. The fourth-order valence-electron chi connectivity index (χ4n) is 2.77. The average molecular weight is 337 g/mol. The molecule has 124 valence electrons. The van der Waals surface area contributed by atoms with Crippen molar-refractivity contribution >= 4 is 10.0 Å². The van der Waals surface area contributed by atoms with E-state index >= 15 is 0 Å². The van der Waals surface area contributed by atoms with E-state index in [1.807, 2.05) is 19.2 Å². The Morgan fingerprint density at radius 3 is 2.96 bits per heavy atom. The fourth-order valence-corrected chi connectivity index (χ4v) is 3.58. The molecule has 0 aliphatic carbocycles. The second-order valence-corrected chi connectivity index (χ2v) is 7.66. The van der Waals surface area contributed by atoms with Crippen LogP contribution in [0.3, 0.4) is 0 Å². The van der Waals surface area contributed by atoms with E-state index in [1.54, 1.807) is 17.1 Å². The summed E-state index contributed by atoms with van der Waals surface area (Å²) in [5, 5.41) is 8.09. The van der Waals surface area contributed by atoms with Gasteiger partial charge in [-0.3, -0.25) is 9.67 Å². The lowest BCUT2D eigenvalue weighted by molar-refractivity contribution is 0.0956. The van der Waals surface area contributed by atoms with Gasteiger partial charge in [-0.05, 0) is 11.6 Å². The number of fused-ring (bicyclic) bond motifs is 1. The topological polar surface area (TPSA) is 90.2 Å². The Kier molecular flexibility index (Phi) is 4.42. The van der Waals surface area contributed by atoms with Crippen molar-refractivity contribution in [2.45, 2.75) is 19.1 Å². The van der Waals surface area contributed by atoms with Crippen molar-refractivity contribution in [3.63, 3.8) is 0 Å². The van der Waals surface area contributed by atoms with Crippen molar-refractivity contribution in [1.29, 1.82) is 0 Å². The molecule has 0 amide bonds. The van der Waals surface area contributed by atoms with Crippen molar-refractivity contribution in [3.8, 4) is 0 Å². The maximum absolute atomic E-state index is 11.9. The van der Waals surface area contributed by atoms with Gasteiger partial charge in [0.2, 0.25) is 10.0 Å². The molecule has 0 saturated heterocycles. The molecule has 2 aromatic rings. The number of nitrogens with zero attached hydrogens (tertiary/aromatic N) is 5. The van der Waals surface area contributed by atoms with Crippen LogP contribution in [0.25, 0.3) is 0 Å². The standard InChI is InChI=1S/C14H19N5O3S/c1-18-14-12(10-22-9-11-4-3-5-15-6-11)7-19(23(2,20)21)8-13(14)16-17-18/h3-6,12H,7-10H2,1-2H3. The maximum Gasteiger partial charge on any atom is 0.211 e. The van der Waals surface area contributed by atoms with E-state index in [0.717, 1.165) is 11.3 Å². The zero-order valence-electron chi connectivity index (χ0n) is 13.1. The first-order valence-electron chi connectivity index (χ1n) is 7.25. The molecule has 3 rings (SSSR count). The number of ether oxygens (including phenoxy) is 1. The lowest BCUT2D eigenvalue weighted by atomic mass is 10.0. The molecule has 0 radical (unpaired) electrons. The highest BCUT2D eigenvalue weighted by atomic mass is 32.2. The van der Waals surface area contributed by atoms with Crippen molar-refractivity contribution in [3.05, 3.63) is 41.5 Å². The summed E-state index contributed by atoms with van der Waals surface area (Å²) in [6.45, 7) is 1.47. The van der Waals surface area contributed by atoms with Crippen LogP contribution in [0.2, 0.25) is 0 Å². The quantitative estimate of drug-likeness (QED) is 0.779. The van der Waals surface area contributed by atoms with E-state index in [1.165, 1.54) is 10.6 Å². The van der Waals surface area contributed by atoms with Gasteiger partial charge in [-0.2, -0.15) is 4.31 Å². The third kappa shape index (κ3) is 3.57. The van der Waals surface area contributed by atoms with Gasteiger partial charge >= 0.3 is 0 Å². The molecule has 0 spiro atoms. The second-order valence-electron chi connectivity index (χ2n) is 5.67. The smallest absolute Gasteiger partial charge is 0.211 e. The molecule has 1 atom stereocenters. The minimum atomic E-state index is -3.28. The predicted molar refractivity (Wildman–Crippen MR) is 82.9 cm³/mol. The normalized spacial score (nSPS) is 18.8. The highest BCUT2D eigenvalue weighted by molar-refractivity contribution is 7.88. The van der Waals surface area contributed by atoms with E-state index in [4.69, 9.17) is 4.74 Å². The Labute approximate surface area is 135 Å². The van der Waals surface area contributed by atoms with Gasteiger partial charge < -0.3 is 4.74 Å². The largest absolute Gasteiger partial charge is 0.376 e. The van der Waals surface area contributed by atoms with Gasteiger partial charge in [0, 0.05) is 31.9 Å². The first kappa shape index (κ1) is 16.0. The van der Waals surface area contributed by atoms with Crippen LogP contribution in [0.15, 0.2) is 24.5 Å². The van der Waals surface area contributed by atoms with Gasteiger partial charge in [-0.15, -0.1) is 5.10 Å². The third-order valence-electron chi connectivity index (χ3n) is 3.86. The molecule has 2 aromatic heterocycles. The van der Waals surface area contributed by atoms with Crippen LogP contribution in [-0.2, 0) is 35.0 Å². The number of pyridine rings is 1. The summed E-state index contributed by atoms with van der Waals surface area (Å²) in [7, 11) is -1.46. The Morgan fingerprint density at radius 2 is 2.26 bits per heavy atom. The van der Waals surface area contributed by atoms with Crippen molar-refractivity contribution in [2.75, 3.05) is 19.4 Å². The van der Waals surface area contributed by atoms with Gasteiger partial charge in [-0.1, -0.05) is 11.3 Å². The van der Waals surface area contributed by atoms with E-state index in [-0.39, 0.29) is 12.5 Å². The van der Waals surface area contributed by atoms with Crippen LogP contribution < -0.4 is 0 Å². The molecule has 0 saturated carbocycles. The minimum absolute atomic E-state index is 0.0925. The Morgan fingerprint density at radius 1 is 1.43 bits per heavy atom. The summed E-state index contributed by atoms with van der Waals surface area (Å²) in [6, 6.07) is 3.79. The van der Waals surface area contributed by atoms with Gasteiger partial charge in [0.25, 0.3) is 0 Å². The molecular weight excluding hydrogens is 318 g/mol. The molecule has 1 aliphatic rings. The first-order valence-corrected chi connectivity index (χ1v) is 9.10.